The normalized spacial score (nSPS) is 14.1. The van der Waals surface area contributed by atoms with E-state index in [1.54, 1.807) is 30.3 Å². The summed E-state index contributed by atoms with van der Waals surface area (Å²) in [6.07, 6.45) is 1.97. The Morgan fingerprint density at radius 2 is 1.97 bits per heavy atom. The first-order valence-corrected chi connectivity index (χ1v) is 11.4. The van der Waals surface area contributed by atoms with Crippen LogP contribution in [0.4, 0.5) is 4.39 Å². The minimum Gasteiger partial charge on any atom is -0.364 e. The van der Waals surface area contributed by atoms with Crippen molar-refractivity contribution in [3.05, 3.63) is 64.6 Å². The number of carbonyl (C=O) groups is 3. The zero-order valence-corrected chi connectivity index (χ0v) is 19.4. The Morgan fingerprint density at radius 1 is 1.24 bits per heavy atom. The molecule has 3 amide bonds. The largest absolute Gasteiger partial charge is 0.364 e. The summed E-state index contributed by atoms with van der Waals surface area (Å²) in [5.41, 5.74) is 6.40. The van der Waals surface area contributed by atoms with E-state index in [0.717, 1.165) is 12.8 Å². The fourth-order valence-corrected chi connectivity index (χ4v) is 4.22. The first-order chi connectivity index (χ1) is 16.3. The van der Waals surface area contributed by atoms with E-state index in [1.807, 2.05) is 6.92 Å². The van der Waals surface area contributed by atoms with Gasteiger partial charge in [0.2, 0.25) is 11.8 Å². The summed E-state index contributed by atoms with van der Waals surface area (Å²) >= 11 is 5.80. The number of rotatable bonds is 9. The molecule has 1 fully saturated rings. The fraction of sp³-hybridized carbons (Fsp3) is 0.333. The van der Waals surface area contributed by atoms with Crippen LogP contribution < -0.4 is 11.1 Å². The van der Waals surface area contributed by atoms with Crippen LogP contribution in [0.15, 0.2) is 42.5 Å². The van der Waals surface area contributed by atoms with E-state index in [1.165, 1.54) is 21.7 Å². The standard InChI is InChI=1S/C24H25ClFN5O3/c1-14(15-9-10-15)30(12-20(32)28-11-16-5-4-7-18(25)22(16)26)21(33)13-31-19-8-3-2-6-17(19)23(29-31)24(27)34/h2-8,14-15H,9-13H2,1H3,(H2,27,34)(H,28,32)/t14-/m1/s1. The minimum absolute atomic E-state index is 0.0207. The molecule has 3 aromatic rings. The maximum absolute atomic E-state index is 14.1. The molecule has 0 unspecified atom stereocenters. The van der Waals surface area contributed by atoms with Crippen molar-refractivity contribution >= 4 is 40.2 Å². The number of hydrogen-bond donors (Lipinski definition) is 2. The van der Waals surface area contributed by atoms with Crippen LogP contribution >= 0.6 is 11.6 Å². The topological polar surface area (TPSA) is 110 Å². The second kappa shape index (κ2) is 9.80. The first kappa shape index (κ1) is 23.7. The van der Waals surface area contributed by atoms with Gasteiger partial charge in [-0.2, -0.15) is 5.10 Å². The summed E-state index contributed by atoms with van der Waals surface area (Å²) in [5.74, 6) is -1.67. The molecular formula is C24H25ClFN5O3. The Labute approximate surface area is 200 Å². The van der Waals surface area contributed by atoms with E-state index >= 15 is 0 Å². The number of carbonyl (C=O) groups excluding carboxylic acids is 3. The zero-order valence-electron chi connectivity index (χ0n) is 18.6. The molecule has 1 aliphatic carbocycles. The summed E-state index contributed by atoms with van der Waals surface area (Å²) in [5, 5.41) is 7.45. The van der Waals surface area contributed by atoms with Crippen molar-refractivity contribution in [2.75, 3.05) is 6.54 Å². The van der Waals surface area contributed by atoms with E-state index in [2.05, 4.69) is 10.4 Å². The van der Waals surface area contributed by atoms with Crippen LogP contribution in [0.1, 0.15) is 35.8 Å². The number of halogens is 2. The molecule has 3 N–H and O–H groups in total. The lowest BCUT2D eigenvalue weighted by molar-refractivity contribution is -0.139. The Bertz CT molecular complexity index is 1260. The molecule has 2 aromatic carbocycles. The van der Waals surface area contributed by atoms with Gasteiger partial charge in [0, 0.05) is 23.5 Å². The highest BCUT2D eigenvalue weighted by Crippen LogP contribution is 2.35. The van der Waals surface area contributed by atoms with Crippen LogP contribution in [-0.2, 0) is 22.7 Å². The first-order valence-electron chi connectivity index (χ1n) is 11.0. The lowest BCUT2D eigenvalue weighted by Crippen LogP contribution is -2.47. The number of aromatic nitrogens is 2. The molecule has 0 radical (unpaired) electrons. The average Bonchev–Trinajstić information content (AvgIpc) is 3.60. The van der Waals surface area contributed by atoms with Crippen LogP contribution in [0.3, 0.4) is 0 Å². The van der Waals surface area contributed by atoms with Gasteiger partial charge in [0.05, 0.1) is 17.1 Å². The lowest BCUT2D eigenvalue weighted by atomic mass is 10.1. The van der Waals surface area contributed by atoms with E-state index in [4.69, 9.17) is 17.3 Å². The molecule has 0 saturated heterocycles. The van der Waals surface area contributed by atoms with Gasteiger partial charge in [-0.3, -0.25) is 19.1 Å². The van der Waals surface area contributed by atoms with Gasteiger partial charge in [-0.15, -0.1) is 0 Å². The number of primary amides is 1. The molecule has 178 valence electrons. The Morgan fingerprint density at radius 3 is 2.68 bits per heavy atom. The monoisotopic (exact) mass is 485 g/mol. The average molecular weight is 486 g/mol. The number of benzene rings is 2. The second-order valence-electron chi connectivity index (χ2n) is 8.48. The SMILES string of the molecule is C[C@H](C1CC1)N(CC(=O)NCc1cccc(Cl)c1F)C(=O)Cn1nc(C(N)=O)c2ccccc21. The summed E-state index contributed by atoms with van der Waals surface area (Å²) in [6, 6.07) is 11.4. The maximum atomic E-state index is 14.1. The number of nitrogens with one attached hydrogen (secondary N) is 1. The van der Waals surface area contributed by atoms with E-state index in [-0.39, 0.29) is 47.9 Å². The quantitative estimate of drug-likeness (QED) is 0.485. The number of nitrogens with zero attached hydrogens (tertiary/aromatic N) is 3. The van der Waals surface area contributed by atoms with Crippen molar-refractivity contribution in [2.45, 2.75) is 38.9 Å². The highest BCUT2D eigenvalue weighted by atomic mass is 35.5. The van der Waals surface area contributed by atoms with Crippen molar-refractivity contribution in [1.82, 2.24) is 20.0 Å². The Kier molecular flexibility index (Phi) is 6.83. The van der Waals surface area contributed by atoms with Gasteiger partial charge >= 0.3 is 0 Å². The lowest BCUT2D eigenvalue weighted by Gasteiger charge is -2.29. The van der Waals surface area contributed by atoms with Crippen LogP contribution in [0.5, 0.6) is 0 Å². The van der Waals surface area contributed by atoms with Crippen molar-refractivity contribution in [1.29, 1.82) is 0 Å². The van der Waals surface area contributed by atoms with Crippen LogP contribution in [-0.4, -0.2) is 45.0 Å². The third-order valence-electron chi connectivity index (χ3n) is 6.11. The Hall–Kier alpha value is -3.46. The van der Waals surface area contributed by atoms with Gasteiger partial charge in [0.1, 0.15) is 12.4 Å². The van der Waals surface area contributed by atoms with Gasteiger partial charge < -0.3 is 16.0 Å². The molecule has 8 nitrogen and oxygen atoms in total. The maximum Gasteiger partial charge on any atom is 0.269 e. The number of amides is 3. The number of fused-ring (bicyclic) bond motifs is 1. The summed E-state index contributed by atoms with van der Waals surface area (Å²) in [4.78, 5) is 39.3. The summed E-state index contributed by atoms with van der Waals surface area (Å²) < 4.78 is 15.6. The zero-order chi connectivity index (χ0) is 24.4. The predicted octanol–water partition coefficient (Wildman–Crippen LogP) is 2.87. The molecule has 0 bridgehead atoms. The van der Waals surface area contributed by atoms with Gasteiger partial charge in [-0.25, -0.2) is 4.39 Å². The van der Waals surface area contributed by atoms with E-state index in [9.17, 15) is 18.8 Å². The second-order valence-corrected chi connectivity index (χ2v) is 8.88. The molecule has 1 saturated carbocycles. The molecular weight excluding hydrogens is 461 g/mol. The molecule has 0 spiro atoms. The molecule has 1 aromatic heterocycles. The summed E-state index contributed by atoms with van der Waals surface area (Å²) in [7, 11) is 0. The van der Waals surface area contributed by atoms with Crippen molar-refractivity contribution in [3.8, 4) is 0 Å². The van der Waals surface area contributed by atoms with E-state index < -0.39 is 17.6 Å². The van der Waals surface area contributed by atoms with E-state index in [0.29, 0.717) is 16.8 Å². The fourth-order valence-electron chi connectivity index (χ4n) is 4.03. The number of para-hydroxylation sites is 1. The molecule has 1 atom stereocenters. The van der Waals surface area contributed by atoms with Crippen LogP contribution in [0, 0.1) is 11.7 Å². The number of nitrogens with two attached hydrogens (primary N) is 1. The molecule has 1 heterocycles. The molecule has 10 heteroatoms. The molecule has 0 aliphatic heterocycles. The molecule has 1 aliphatic rings. The third kappa shape index (κ3) is 5.04. The van der Waals surface area contributed by atoms with Crippen molar-refractivity contribution in [2.24, 2.45) is 11.7 Å². The van der Waals surface area contributed by atoms with Gasteiger partial charge in [0.25, 0.3) is 5.91 Å². The van der Waals surface area contributed by atoms with Crippen LogP contribution in [0.25, 0.3) is 10.9 Å². The Balaban J connectivity index is 1.49. The summed E-state index contributed by atoms with van der Waals surface area (Å²) in [6.45, 7) is 1.54. The molecule has 34 heavy (non-hydrogen) atoms. The highest BCUT2D eigenvalue weighted by molar-refractivity contribution is 6.30. The van der Waals surface area contributed by atoms with Gasteiger partial charge in [0.15, 0.2) is 5.69 Å². The van der Waals surface area contributed by atoms with Crippen molar-refractivity contribution < 1.29 is 18.8 Å². The van der Waals surface area contributed by atoms with Gasteiger partial charge in [-0.1, -0.05) is 41.9 Å². The third-order valence-corrected chi connectivity index (χ3v) is 6.41. The molecule has 4 rings (SSSR count). The smallest absolute Gasteiger partial charge is 0.269 e. The minimum atomic E-state index is -0.682. The van der Waals surface area contributed by atoms with Gasteiger partial charge in [-0.05, 0) is 37.8 Å². The van der Waals surface area contributed by atoms with Crippen LogP contribution in [0.2, 0.25) is 5.02 Å². The predicted molar refractivity (Wildman–Crippen MR) is 125 cm³/mol. The number of hydrogen-bond acceptors (Lipinski definition) is 4. The van der Waals surface area contributed by atoms with Crippen molar-refractivity contribution in [3.63, 3.8) is 0 Å². The highest BCUT2D eigenvalue weighted by Gasteiger charge is 2.35.